The summed E-state index contributed by atoms with van der Waals surface area (Å²) in [5, 5.41) is 0. The Bertz CT molecular complexity index is 610. The molecule has 1 aliphatic heterocycles. The second-order valence-corrected chi connectivity index (χ2v) is 5.24. The average Bonchev–Trinajstić information content (AvgIpc) is 2.85. The molecule has 1 saturated heterocycles. The van der Waals surface area contributed by atoms with E-state index in [0.717, 1.165) is 17.0 Å². The van der Waals surface area contributed by atoms with Gasteiger partial charge in [0.05, 0.1) is 0 Å². The van der Waals surface area contributed by atoms with Gasteiger partial charge in [-0.3, -0.25) is 4.79 Å². The summed E-state index contributed by atoms with van der Waals surface area (Å²) in [7, 11) is 0. The first-order chi connectivity index (χ1) is 10.2. The Balaban J connectivity index is 1.63. The van der Waals surface area contributed by atoms with Crippen molar-refractivity contribution in [2.75, 3.05) is 11.4 Å². The summed E-state index contributed by atoms with van der Waals surface area (Å²) in [5.41, 5.74) is 7.81. The van der Waals surface area contributed by atoms with Crippen molar-refractivity contribution in [3.63, 3.8) is 0 Å². The lowest BCUT2D eigenvalue weighted by atomic mass is 10.2. The number of hydrogen-bond acceptors (Lipinski definition) is 3. The molecule has 21 heavy (non-hydrogen) atoms. The highest BCUT2D eigenvalue weighted by Crippen LogP contribution is 2.24. The van der Waals surface area contributed by atoms with Crippen molar-refractivity contribution in [3.8, 4) is 5.75 Å². The summed E-state index contributed by atoms with van der Waals surface area (Å²) in [6, 6.07) is 17.5. The number of nitrogens with two attached hydrogens (primary N) is 1. The summed E-state index contributed by atoms with van der Waals surface area (Å²) in [6.45, 7) is 1.12. The lowest BCUT2D eigenvalue weighted by Gasteiger charge is -2.16. The molecule has 2 aromatic carbocycles. The number of ether oxygens (including phenoxy) is 1. The van der Waals surface area contributed by atoms with E-state index >= 15 is 0 Å². The molecule has 1 heterocycles. The molecule has 1 fully saturated rings. The summed E-state index contributed by atoms with van der Waals surface area (Å²) in [4.78, 5) is 13.5. The highest BCUT2D eigenvalue weighted by molar-refractivity contribution is 5.96. The molecule has 108 valence electrons. The third-order valence-electron chi connectivity index (χ3n) is 3.55. The second-order valence-electron chi connectivity index (χ2n) is 5.24. The summed E-state index contributed by atoms with van der Waals surface area (Å²) >= 11 is 0. The zero-order valence-corrected chi connectivity index (χ0v) is 11.7. The first kappa shape index (κ1) is 13.6. The molecule has 4 heteroatoms. The van der Waals surface area contributed by atoms with Gasteiger partial charge in [-0.05, 0) is 29.8 Å². The minimum Gasteiger partial charge on any atom is -0.489 e. The van der Waals surface area contributed by atoms with Crippen LogP contribution in [0.2, 0.25) is 0 Å². The van der Waals surface area contributed by atoms with Crippen molar-refractivity contribution >= 4 is 11.6 Å². The minimum absolute atomic E-state index is 0.0634. The van der Waals surface area contributed by atoms with Gasteiger partial charge in [0, 0.05) is 24.7 Å². The molecular formula is C17H18N2O2. The van der Waals surface area contributed by atoms with Gasteiger partial charge < -0.3 is 15.4 Å². The van der Waals surface area contributed by atoms with Gasteiger partial charge >= 0.3 is 0 Å². The molecule has 2 N–H and O–H groups in total. The van der Waals surface area contributed by atoms with Gasteiger partial charge in [-0.1, -0.05) is 30.3 Å². The molecule has 0 saturated carbocycles. The molecule has 1 aliphatic rings. The van der Waals surface area contributed by atoms with E-state index in [4.69, 9.17) is 10.5 Å². The van der Waals surface area contributed by atoms with E-state index in [-0.39, 0.29) is 11.9 Å². The molecule has 0 radical (unpaired) electrons. The monoisotopic (exact) mass is 282 g/mol. The maximum absolute atomic E-state index is 11.8. The molecule has 0 spiro atoms. The molecule has 1 amide bonds. The normalized spacial score (nSPS) is 18.0. The molecule has 1 unspecified atom stereocenters. The standard InChI is InChI=1S/C17H18N2O2/c18-14-10-17(20)19(11-14)15-6-8-16(9-7-15)21-12-13-4-2-1-3-5-13/h1-9,14H,10-12,18H2. The number of rotatable bonds is 4. The van der Waals surface area contributed by atoms with Gasteiger partial charge in [0.25, 0.3) is 0 Å². The van der Waals surface area contributed by atoms with E-state index < -0.39 is 0 Å². The Morgan fingerprint density at radius 3 is 2.43 bits per heavy atom. The van der Waals surface area contributed by atoms with Crippen LogP contribution in [0.5, 0.6) is 5.75 Å². The molecule has 2 aromatic rings. The predicted octanol–water partition coefficient (Wildman–Crippen LogP) is 2.33. The van der Waals surface area contributed by atoms with Crippen LogP contribution >= 0.6 is 0 Å². The van der Waals surface area contributed by atoms with Crippen molar-refractivity contribution < 1.29 is 9.53 Å². The van der Waals surface area contributed by atoms with Gasteiger partial charge in [-0.25, -0.2) is 0 Å². The maximum Gasteiger partial charge on any atom is 0.228 e. The number of benzene rings is 2. The number of carbonyl (C=O) groups excluding carboxylic acids is 1. The van der Waals surface area contributed by atoms with E-state index in [1.54, 1.807) is 4.90 Å². The molecule has 4 nitrogen and oxygen atoms in total. The zero-order chi connectivity index (χ0) is 14.7. The fraction of sp³-hybridized carbons (Fsp3) is 0.235. The van der Waals surface area contributed by atoms with Crippen molar-refractivity contribution in [2.24, 2.45) is 5.73 Å². The Hall–Kier alpha value is -2.33. The first-order valence-corrected chi connectivity index (χ1v) is 7.05. The largest absolute Gasteiger partial charge is 0.489 e. The van der Waals surface area contributed by atoms with E-state index in [0.29, 0.717) is 19.6 Å². The van der Waals surface area contributed by atoms with Gasteiger partial charge in [0.1, 0.15) is 12.4 Å². The van der Waals surface area contributed by atoms with Crippen LogP contribution < -0.4 is 15.4 Å². The first-order valence-electron chi connectivity index (χ1n) is 7.05. The molecule has 0 aromatic heterocycles. The predicted molar refractivity (Wildman–Crippen MR) is 82.2 cm³/mol. The Labute approximate surface area is 124 Å². The van der Waals surface area contributed by atoms with Crippen molar-refractivity contribution in [2.45, 2.75) is 19.1 Å². The molecule has 0 aliphatic carbocycles. The topological polar surface area (TPSA) is 55.6 Å². The Kier molecular flexibility index (Phi) is 3.88. The van der Waals surface area contributed by atoms with Crippen LogP contribution in [-0.2, 0) is 11.4 Å². The van der Waals surface area contributed by atoms with E-state index in [1.165, 1.54) is 0 Å². The van der Waals surface area contributed by atoms with Crippen LogP contribution in [0.15, 0.2) is 54.6 Å². The molecule has 0 bridgehead atoms. The number of carbonyl (C=O) groups is 1. The third kappa shape index (κ3) is 3.23. The Morgan fingerprint density at radius 1 is 1.10 bits per heavy atom. The average molecular weight is 282 g/mol. The fourth-order valence-corrected chi connectivity index (χ4v) is 2.45. The zero-order valence-electron chi connectivity index (χ0n) is 11.7. The molecule has 1 atom stereocenters. The summed E-state index contributed by atoms with van der Waals surface area (Å²) in [6.07, 6.45) is 0.423. The summed E-state index contributed by atoms with van der Waals surface area (Å²) in [5.74, 6) is 0.874. The van der Waals surface area contributed by atoms with Crippen LogP contribution in [0, 0.1) is 0 Å². The van der Waals surface area contributed by atoms with Crippen LogP contribution in [0.25, 0.3) is 0 Å². The van der Waals surface area contributed by atoms with Crippen LogP contribution in [0.3, 0.4) is 0 Å². The quantitative estimate of drug-likeness (QED) is 0.936. The maximum atomic E-state index is 11.8. The fourth-order valence-electron chi connectivity index (χ4n) is 2.45. The van der Waals surface area contributed by atoms with Crippen LogP contribution in [-0.4, -0.2) is 18.5 Å². The molecular weight excluding hydrogens is 264 g/mol. The van der Waals surface area contributed by atoms with Crippen molar-refractivity contribution in [1.29, 1.82) is 0 Å². The van der Waals surface area contributed by atoms with Crippen LogP contribution in [0.4, 0.5) is 5.69 Å². The van der Waals surface area contributed by atoms with Gasteiger partial charge in [-0.15, -0.1) is 0 Å². The van der Waals surface area contributed by atoms with Gasteiger partial charge in [0.15, 0.2) is 0 Å². The van der Waals surface area contributed by atoms with Crippen LogP contribution in [0.1, 0.15) is 12.0 Å². The highest BCUT2D eigenvalue weighted by atomic mass is 16.5. The van der Waals surface area contributed by atoms with Crippen molar-refractivity contribution in [1.82, 2.24) is 0 Å². The Morgan fingerprint density at radius 2 is 1.81 bits per heavy atom. The van der Waals surface area contributed by atoms with E-state index in [9.17, 15) is 4.79 Å². The SMILES string of the molecule is NC1CC(=O)N(c2ccc(OCc3ccccc3)cc2)C1. The second kappa shape index (κ2) is 5.97. The number of hydrogen-bond donors (Lipinski definition) is 1. The van der Waals surface area contributed by atoms with Gasteiger partial charge in [-0.2, -0.15) is 0 Å². The number of nitrogens with zero attached hydrogens (tertiary/aromatic N) is 1. The number of amides is 1. The van der Waals surface area contributed by atoms with Crippen molar-refractivity contribution in [3.05, 3.63) is 60.2 Å². The van der Waals surface area contributed by atoms with Gasteiger partial charge in [0.2, 0.25) is 5.91 Å². The van der Waals surface area contributed by atoms with E-state index in [2.05, 4.69) is 0 Å². The number of anilines is 1. The minimum atomic E-state index is -0.0634. The lowest BCUT2D eigenvalue weighted by Crippen LogP contribution is -2.27. The third-order valence-corrected chi connectivity index (χ3v) is 3.55. The molecule has 3 rings (SSSR count). The highest BCUT2D eigenvalue weighted by Gasteiger charge is 2.27. The summed E-state index contributed by atoms with van der Waals surface area (Å²) < 4.78 is 5.73. The smallest absolute Gasteiger partial charge is 0.228 e. The van der Waals surface area contributed by atoms with E-state index in [1.807, 2.05) is 54.6 Å². The lowest BCUT2D eigenvalue weighted by molar-refractivity contribution is -0.117.